The third kappa shape index (κ3) is 3.82. The van der Waals surface area contributed by atoms with Crippen molar-refractivity contribution in [3.63, 3.8) is 0 Å². The van der Waals surface area contributed by atoms with Crippen molar-refractivity contribution in [3.05, 3.63) is 95.4 Å². The van der Waals surface area contributed by atoms with Crippen LogP contribution in [0.1, 0.15) is 40.1 Å². The van der Waals surface area contributed by atoms with Crippen LogP contribution in [0.2, 0.25) is 0 Å². The van der Waals surface area contributed by atoms with Gasteiger partial charge in [-0.2, -0.15) is 5.10 Å². The molecule has 3 heterocycles. The van der Waals surface area contributed by atoms with Gasteiger partial charge in [-0.3, -0.25) is 14.9 Å². The molecule has 5 rings (SSSR count). The summed E-state index contributed by atoms with van der Waals surface area (Å²) in [6, 6.07) is 19.2. The molecule has 33 heavy (non-hydrogen) atoms. The van der Waals surface area contributed by atoms with E-state index < -0.39 is 0 Å². The second-order valence-corrected chi connectivity index (χ2v) is 7.79. The maximum Gasteiger partial charge on any atom is 0.273 e. The summed E-state index contributed by atoms with van der Waals surface area (Å²) in [6.07, 6.45) is 3.48. The molecule has 0 saturated carbocycles. The van der Waals surface area contributed by atoms with Gasteiger partial charge in [0.15, 0.2) is 0 Å². The Hall–Kier alpha value is -4.13. The lowest BCUT2D eigenvalue weighted by molar-refractivity contribution is 0.0729. The summed E-state index contributed by atoms with van der Waals surface area (Å²) in [5.41, 5.74) is 5.03. The maximum atomic E-state index is 13.5. The molecule has 1 aliphatic heterocycles. The van der Waals surface area contributed by atoms with Crippen molar-refractivity contribution in [3.8, 4) is 22.8 Å². The van der Waals surface area contributed by atoms with Crippen molar-refractivity contribution in [2.24, 2.45) is 0 Å². The fraction of sp³-hybridized carbons (Fsp3) is 0.192. The van der Waals surface area contributed by atoms with Crippen LogP contribution in [0.5, 0.6) is 11.5 Å². The molecule has 0 bridgehead atoms. The van der Waals surface area contributed by atoms with E-state index in [2.05, 4.69) is 15.2 Å². The van der Waals surface area contributed by atoms with Gasteiger partial charge in [0, 0.05) is 30.1 Å². The summed E-state index contributed by atoms with van der Waals surface area (Å²) < 4.78 is 11.0. The van der Waals surface area contributed by atoms with Crippen molar-refractivity contribution in [2.75, 3.05) is 13.7 Å². The van der Waals surface area contributed by atoms with Crippen LogP contribution < -0.4 is 9.47 Å². The lowest BCUT2D eigenvalue weighted by Crippen LogP contribution is -2.29. The molecule has 166 valence electrons. The summed E-state index contributed by atoms with van der Waals surface area (Å²) >= 11 is 0. The van der Waals surface area contributed by atoms with Gasteiger partial charge in [-0.05, 0) is 66.6 Å². The first kappa shape index (κ1) is 20.8. The maximum absolute atomic E-state index is 13.5. The van der Waals surface area contributed by atoms with Crippen molar-refractivity contribution in [1.29, 1.82) is 0 Å². The SMILES string of the molecule is CCOc1cccc(C2c3c(-c4ccc(OC)cc4)n[nH]c3C(=O)N2Cc2ccncc2)c1. The smallest absolute Gasteiger partial charge is 0.273 e. The molecule has 2 aromatic carbocycles. The second kappa shape index (κ2) is 8.78. The number of nitrogens with zero attached hydrogens (tertiary/aromatic N) is 3. The van der Waals surface area contributed by atoms with Crippen LogP contribution in [0.25, 0.3) is 11.3 Å². The Kier molecular flexibility index (Phi) is 5.52. The van der Waals surface area contributed by atoms with Gasteiger partial charge in [0.2, 0.25) is 0 Å². The predicted octanol–water partition coefficient (Wildman–Crippen LogP) is 4.62. The summed E-state index contributed by atoms with van der Waals surface area (Å²) in [5, 5.41) is 7.54. The van der Waals surface area contributed by atoms with E-state index in [1.54, 1.807) is 19.5 Å². The Balaban J connectivity index is 1.63. The summed E-state index contributed by atoms with van der Waals surface area (Å²) in [5.74, 6) is 1.46. The lowest BCUT2D eigenvalue weighted by Gasteiger charge is -2.27. The van der Waals surface area contributed by atoms with E-state index in [1.165, 1.54) is 0 Å². The lowest BCUT2D eigenvalue weighted by atomic mass is 9.95. The number of aromatic nitrogens is 3. The summed E-state index contributed by atoms with van der Waals surface area (Å²) in [6.45, 7) is 2.98. The molecule has 7 heteroatoms. The number of pyridine rings is 1. The van der Waals surface area contributed by atoms with E-state index in [1.807, 2.05) is 72.5 Å². The molecule has 0 fully saturated rings. The molecule has 2 aromatic heterocycles. The Morgan fingerprint density at radius 2 is 1.82 bits per heavy atom. The Bertz CT molecular complexity index is 1270. The van der Waals surface area contributed by atoms with Gasteiger partial charge >= 0.3 is 0 Å². The van der Waals surface area contributed by atoms with Crippen LogP contribution >= 0.6 is 0 Å². The number of hydrogen-bond donors (Lipinski definition) is 1. The number of amides is 1. The van der Waals surface area contributed by atoms with Crippen LogP contribution in [0, 0.1) is 0 Å². The predicted molar refractivity (Wildman–Crippen MR) is 124 cm³/mol. The minimum atomic E-state index is -0.308. The van der Waals surface area contributed by atoms with E-state index in [9.17, 15) is 4.79 Å². The number of H-pyrrole nitrogens is 1. The van der Waals surface area contributed by atoms with E-state index in [4.69, 9.17) is 9.47 Å². The van der Waals surface area contributed by atoms with Gasteiger partial charge in [-0.25, -0.2) is 0 Å². The highest BCUT2D eigenvalue weighted by Crippen LogP contribution is 2.44. The zero-order valence-corrected chi connectivity index (χ0v) is 18.5. The fourth-order valence-electron chi connectivity index (χ4n) is 4.30. The number of nitrogens with one attached hydrogen (secondary N) is 1. The monoisotopic (exact) mass is 440 g/mol. The standard InChI is InChI=1S/C26H24N4O3/c1-3-33-21-6-4-5-19(15-21)25-22-23(18-7-9-20(32-2)10-8-18)28-29-24(22)26(31)30(25)16-17-11-13-27-14-12-17/h4-15,25H,3,16H2,1-2H3,(H,28,29). The molecule has 1 atom stereocenters. The second-order valence-electron chi connectivity index (χ2n) is 7.79. The molecular formula is C26H24N4O3. The summed E-state index contributed by atoms with van der Waals surface area (Å²) in [4.78, 5) is 19.5. The largest absolute Gasteiger partial charge is 0.497 e. The van der Waals surface area contributed by atoms with Crippen molar-refractivity contribution < 1.29 is 14.3 Å². The van der Waals surface area contributed by atoms with Crippen LogP contribution in [0.3, 0.4) is 0 Å². The molecule has 7 nitrogen and oxygen atoms in total. The highest BCUT2D eigenvalue weighted by molar-refractivity contribution is 6.00. The Morgan fingerprint density at radius 3 is 2.55 bits per heavy atom. The van der Waals surface area contributed by atoms with Gasteiger partial charge in [0.1, 0.15) is 17.2 Å². The molecule has 1 unspecified atom stereocenters. The van der Waals surface area contributed by atoms with Gasteiger partial charge in [-0.1, -0.05) is 12.1 Å². The van der Waals surface area contributed by atoms with Crippen molar-refractivity contribution >= 4 is 5.91 Å². The number of methoxy groups -OCH3 is 1. The Morgan fingerprint density at radius 1 is 1.03 bits per heavy atom. The van der Waals surface area contributed by atoms with Crippen molar-refractivity contribution in [2.45, 2.75) is 19.5 Å². The molecule has 0 radical (unpaired) electrons. The topological polar surface area (TPSA) is 80.3 Å². The molecule has 0 spiro atoms. The normalized spacial score (nSPS) is 14.9. The third-order valence-corrected chi connectivity index (χ3v) is 5.81. The molecule has 1 amide bonds. The van der Waals surface area contributed by atoms with Crippen LogP contribution in [0.15, 0.2) is 73.1 Å². The third-order valence-electron chi connectivity index (χ3n) is 5.81. The number of carbonyl (C=O) groups excluding carboxylic acids is 1. The number of rotatable bonds is 7. The van der Waals surface area contributed by atoms with Crippen molar-refractivity contribution in [1.82, 2.24) is 20.1 Å². The molecular weight excluding hydrogens is 416 g/mol. The first-order valence-corrected chi connectivity index (χ1v) is 10.8. The highest BCUT2D eigenvalue weighted by atomic mass is 16.5. The number of carbonyl (C=O) groups is 1. The Labute approximate surface area is 192 Å². The summed E-state index contributed by atoms with van der Waals surface area (Å²) in [7, 11) is 1.64. The minimum Gasteiger partial charge on any atom is -0.497 e. The zero-order chi connectivity index (χ0) is 22.8. The zero-order valence-electron chi connectivity index (χ0n) is 18.5. The number of hydrogen-bond acceptors (Lipinski definition) is 5. The van der Waals surface area contributed by atoms with Gasteiger partial charge in [0.25, 0.3) is 5.91 Å². The van der Waals surface area contributed by atoms with Gasteiger partial charge in [-0.15, -0.1) is 0 Å². The molecule has 0 saturated heterocycles. The van der Waals surface area contributed by atoms with Crippen LogP contribution in [-0.4, -0.2) is 39.7 Å². The number of fused-ring (bicyclic) bond motifs is 1. The molecule has 0 aliphatic carbocycles. The number of benzene rings is 2. The van der Waals surface area contributed by atoms with Crippen LogP contribution in [0.4, 0.5) is 0 Å². The molecule has 4 aromatic rings. The quantitative estimate of drug-likeness (QED) is 0.453. The fourth-order valence-corrected chi connectivity index (χ4v) is 4.30. The van der Waals surface area contributed by atoms with Gasteiger partial charge in [0.05, 0.1) is 25.5 Å². The van der Waals surface area contributed by atoms with E-state index in [0.29, 0.717) is 18.8 Å². The highest BCUT2D eigenvalue weighted by Gasteiger charge is 2.42. The first-order chi connectivity index (χ1) is 16.2. The van der Waals surface area contributed by atoms with Crippen LogP contribution in [-0.2, 0) is 6.54 Å². The molecule has 1 N–H and O–H groups in total. The van der Waals surface area contributed by atoms with E-state index in [-0.39, 0.29) is 11.9 Å². The average molecular weight is 441 g/mol. The minimum absolute atomic E-state index is 0.0825. The molecule has 1 aliphatic rings. The number of aromatic amines is 1. The van der Waals surface area contributed by atoms with Gasteiger partial charge < -0.3 is 14.4 Å². The van der Waals surface area contributed by atoms with E-state index in [0.717, 1.165) is 39.4 Å². The van der Waals surface area contributed by atoms with E-state index >= 15 is 0 Å². The average Bonchev–Trinajstić information content (AvgIpc) is 3.39. The first-order valence-electron chi connectivity index (χ1n) is 10.8. The number of ether oxygens (including phenoxy) is 2.